The van der Waals surface area contributed by atoms with E-state index in [1.54, 1.807) is 19.1 Å². The van der Waals surface area contributed by atoms with Crippen LogP contribution in [0, 0.1) is 11.8 Å². The van der Waals surface area contributed by atoms with Crippen LogP contribution in [0.4, 0.5) is 9.59 Å². The van der Waals surface area contributed by atoms with Gasteiger partial charge in [0.15, 0.2) is 5.28 Å². The standard InChI is InChI=1S/C19H28NO4P.C15H20NO5P/c1-5-15(4)25(22,24-7-3)19(13-17(19)6-2)20-18(21)23-14-16-11-9-8-10-12-16;1-3-13-10-15(13,22(18,19)21-4-2)16-14(17)20-11-12-8-6-5-7-9-12/h6,8-12,15,17H,2,5,7,13-14H2,1,3-4H3,(H,20,21);3,5-9,13H,1,4,10-11H2,2H3,(H,16,17)(H,18,19)/t15?,17-,19+,25?;13-,15+/m11/s1. The average Bonchev–Trinajstić information content (AvgIpc) is 3.98. The van der Waals surface area contributed by atoms with E-state index >= 15 is 0 Å². The summed E-state index contributed by atoms with van der Waals surface area (Å²) < 4.78 is 47.1. The van der Waals surface area contributed by atoms with Crippen LogP contribution in [0.15, 0.2) is 86.0 Å². The molecule has 4 rings (SSSR count). The highest BCUT2D eigenvalue weighted by Crippen LogP contribution is 2.75. The van der Waals surface area contributed by atoms with Crippen molar-refractivity contribution in [2.75, 3.05) is 13.2 Å². The lowest BCUT2D eigenvalue weighted by atomic mass is 10.2. The second-order valence-corrected chi connectivity index (χ2v) is 16.8. The highest BCUT2D eigenvalue weighted by atomic mass is 31.2. The molecule has 13 heteroatoms. The highest BCUT2D eigenvalue weighted by Gasteiger charge is 2.68. The first-order valence-electron chi connectivity index (χ1n) is 15.8. The number of rotatable bonds is 16. The molecule has 2 aromatic carbocycles. The predicted molar refractivity (Wildman–Crippen MR) is 182 cm³/mol. The molecule has 0 aromatic heterocycles. The third kappa shape index (κ3) is 9.04. The van der Waals surface area contributed by atoms with Crippen molar-refractivity contribution >= 4 is 27.2 Å². The molecule has 0 heterocycles. The quantitative estimate of drug-likeness (QED) is 0.118. The summed E-state index contributed by atoms with van der Waals surface area (Å²) in [5, 5.41) is 3.14. The summed E-state index contributed by atoms with van der Waals surface area (Å²) in [5.41, 5.74) is 1.59. The van der Waals surface area contributed by atoms with Crippen LogP contribution in [-0.2, 0) is 40.9 Å². The van der Waals surface area contributed by atoms with Crippen LogP contribution >= 0.6 is 15.0 Å². The van der Waals surface area contributed by atoms with Gasteiger partial charge in [-0.1, -0.05) is 86.7 Å². The van der Waals surface area contributed by atoms with E-state index in [-0.39, 0.29) is 37.3 Å². The Bertz CT molecular complexity index is 1460. The molecular formula is C34H48N2O9P2. The summed E-state index contributed by atoms with van der Waals surface area (Å²) in [6.07, 6.45) is 3.55. The van der Waals surface area contributed by atoms with Crippen molar-refractivity contribution in [2.24, 2.45) is 11.8 Å². The molecule has 2 saturated carbocycles. The van der Waals surface area contributed by atoms with Gasteiger partial charge in [0, 0.05) is 17.5 Å². The molecule has 11 nitrogen and oxygen atoms in total. The minimum atomic E-state index is -3.99. The van der Waals surface area contributed by atoms with E-state index in [0.717, 1.165) is 11.1 Å². The van der Waals surface area contributed by atoms with Crippen molar-refractivity contribution in [1.29, 1.82) is 0 Å². The summed E-state index contributed by atoms with van der Waals surface area (Å²) in [4.78, 5) is 34.3. The monoisotopic (exact) mass is 690 g/mol. The molecule has 0 saturated heterocycles. The number of carbonyl (C=O) groups excluding carboxylic acids is 2. The van der Waals surface area contributed by atoms with Gasteiger partial charge in [0.1, 0.15) is 18.5 Å². The number of ether oxygens (including phenoxy) is 2. The maximum Gasteiger partial charge on any atom is 0.408 e. The van der Waals surface area contributed by atoms with Gasteiger partial charge in [-0.3, -0.25) is 9.13 Å². The molecule has 0 spiro atoms. The van der Waals surface area contributed by atoms with Gasteiger partial charge in [0.25, 0.3) is 0 Å². The third-order valence-electron chi connectivity index (χ3n) is 8.46. The summed E-state index contributed by atoms with van der Waals surface area (Å²) in [6.45, 7) is 15.4. The van der Waals surface area contributed by atoms with Gasteiger partial charge in [-0.05, 0) is 44.2 Å². The van der Waals surface area contributed by atoms with E-state index < -0.39 is 37.7 Å². The van der Waals surface area contributed by atoms with Gasteiger partial charge in [-0.25, -0.2) is 9.59 Å². The molecule has 3 N–H and O–H groups in total. The van der Waals surface area contributed by atoms with E-state index in [1.165, 1.54) is 0 Å². The summed E-state index contributed by atoms with van der Waals surface area (Å²) >= 11 is 0. The SMILES string of the molecule is C=C[C@@H]1C[C@]1(NC(=O)OCc1ccccc1)P(=O)(O)OCC.C=C[C@@H]1C[C@]1(NC(=O)OCc1ccccc1)P(=O)(OCC)C(C)CC. The van der Waals surface area contributed by atoms with Gasteiger partial charge in [-0.15, -0.1) is 13.2 Å². The molecule has 47 heavy (non-hydrogen) atoms. The number of amides is 2. The van der Waals surface area contributed by atoms with E-state index in [0.29, 0.717) is 25.9 Å². The maximum atomic E-state index is 13.7. The first-order valence-corrected chi connectivity index (χ1v) is 19.1. The van der Waals surface area contributed by atoms with E-state index in [4.69, 9.17) is 18.5 Å². The lowest BCUT2D eigenvalue weighted by Gasteiger charge is -2.32. The number of alkyl carbamates (subject to hydrolysis) is 2. The number of hydrogen-bond acceptors (Lipinski definition) is 8. The molecule has 2 aliphatic carbocycles. The minimum Gasteiger partial charge on any atom is -0.445 e. The van der Waals surface area contributed by atoms with Crippen molar-refractivity contribution in [3.63, 3.8) is 0 Å². The van der Waals surface area contributed by atoms with E-state index in [1.807, 2.05) is 81.4 Å². The fraction of sp³-hybridized carbons (Fsp3) is 0.471. The van der Waals surface area contributed by atoms with Crippen molar-refractivity contribution in [2.45, 2.75) is 76.4 Å². The van der Waals surface area contributed by atoms with Gasteiger partial charge < -0.3 is 34.0 Å². The van der Waals surface area contributed by atoms with Crippen molar-refractivity contribution in [3.8, 4) is 0 Å². The Morgan fingerprint density at radius 3 is 1.64 bits per heavy atom. The van der Waals surface area contributed by atoms with Crippen LogP contribution in [0.25, 0.3) is 0 Å². The number of benzene rings is 2. The summed E-state index contributed by atoms with van der Waals surface area (Å²) in [5.74, 6) is -0.373. The fourth-order valence-corrected chi connectivity index (χ4v) is 10.6. The Labute approximate surface area is 278 Å². The minimum absolute atomic E-state index is 0.0665. The molecule has 2 fully saturated rings. The molecule has 2 amide bonds. The first-order chi connectivity index (χ1) is 22.4. The zero-order valence-electron chi connectivity index (χ0n) is 27.6. The van der Waals surface area contributed by atoms with Crippen LogP contribution in [-0.4, -0.2) is 46.5 Å². The number of hydrogen-bond donors (Lipinski definition) is 3. The van der Waals surface area contributed by atoms with Gasteiger partial charge in [0.2, 0.25) is 7.37 Å². The van der Waals surface area contributed by atoms with Gasteiger partial charge in [0.05, 0.1) is 13.2 Å². The zero-order chi connectivity index (χ0) is 34.7. The Balaban J connectivity index is 0.000000257. The maximum absolute atomic E-state index is 13.7. The second-order valence-electron chi connectivity index (χ2n) is 11.5. The normalized spacial score (nSPS) is 25.6. The van der Waals surface area contributed by atoms with Crippen LogP contribution < -0.4 is 10.6 Å². The number of nitrogens with one attached hydrogen (secondary N) is 2. The second kappa shape index (κ2) is 16.8. The smallest absolute Gasteiger partial charge is 0.408 e. The van der Waals surface area contributed by atoms with Gasteiger partial charge in [-0.2, -0.15) is 0 Å². The topological polar surface area (TPSA) is 149 Å². The van der Waals surface area contributed by atoms with Crippen LogP contribution in [0.2, 0.25) is 0 Å². The van der Waals surface area contributed by atoms with E-state index in [9.17, 15) is 23.6 Å². The van der Waals surface area contributed by atoms with Gasteiger partial charge >= 0.3 is 19.8 Å². The average molecular weight is 691 g/mol. The molecule has 3 unspecified atom stereocenters. The lowest BCUT2D eigenvalue weighted by molar-refractivity contribution is 0.134. The van der Waals surface area contributed by atoms with Crippen molar-refractivity contribution in [1.82, 2.24) is 10.6 Å². The Hall–Kier alpha value is -3.20. The molecule has 2 aliphatic rings. The number of carbonyl (C=O) groups is 2. The molecule has 7 atom stereocenters. The molecule has 0 radical (unpaired) electrons. The third-order valence-corrected chi connectivity index (χ3v) is 14.6. The summed E-state index contributed by atoms with van der Waals surface area (Å²) in [6, 6.07) is 18.6. The molecular weight excluding hydrogens is 642 g/mol. The molecule has 2 aromatic rings. The Morgan fingerprint density at radius 1 is 0.830 bits per heavy atom. The largest absolute Gasteiger partial charge is 0.445 e. The molecule has 0 aliphatic heterocycles. The van der Waals surface area contributed by atoms with Crippen LogP contribution in [0.3, 0.4) is 0 Å². The van der Waals surface area contributed by atoms with Crippen molar-refractivity contribution < 1.29 is 42.1 Å². The molecule has 0 bridgehead atoms. The molecule has 258 valence electrons. The van der Waals surface area contributed by atoms with E-state index in [2.05, 4.69) is 23.8 Å². The zero-order valence-corrected chi connectivity index (χ0v) is 29.4. The summed E-state index contributed by atoms with van der Waals surface area (Å²) in [7, 11) is -7.10. The van der Waals surface area contributed by atoms with Crippen LogP contribution in [0.1, 0.15) is 58.1 Å². The van der Waals surface area contributed by atoms with Crippen LogP contribution in [0.5, 0.6) is 0 Å². The first kappa shape index (κ1) is 38.2. The fourth-order valence-electron chi connectivity index (χ4n) is 5.46. The Kier molecular flexibility index (Phi) is 13.6. The lowest BCUT2D eigenvalue weighted by Crippen LogP contribution is -2.41. The predicted octanol–water partition coefficient (Wildman–Crippen LogP) is 7.97. The Morgan fingerprint density at radius 2 is 1.26 bits per heavy atom. The highest BCUT2D eigenvalue weighted by molar-refractivity contribution is 7.61. The van der Waals surface area contributed by atoms with Crippen molar-refractivity contribution in [3.05, 3.63) is 97.1 Å².